The predicted molar refractivity (Wildman–Crippen MR) is 98.6 cm³/mol. The Balaban J connectivity index is 0. The van der Waals surface area contributed by atoms with Crippen LogP contribution in [-0.2, 0) is 29.1 Å². The molecule has 0 N–H and O–H groups in total. The van der Waals surface area contributed by atoms with E-state index >= 15 is 0 Å². The van der Waals surface area contributed by atoms with Gasteiger partial charge in [-0.3, -0.25) is 9.59 Å². The van der Waals surface area contributed by atoms with Gasteiger partial charge in [0.05, 0.1) is 6.42 Å². The molecule has 0 heterocycles. The van der Waals surface area contributed by atoms with Gasteiger partial charge in [-0.1, -0.05) is 51.4 Å². The van der Waals surface area contributed by atoms with E-state index in [-0.39, 0.29) is 37.5 Å². The van der Waals surface area contributed by atoms with Crippen molar-refractivity contribution in [3.05, 3.63) is 25.7 Å². The van der Waals surface area contributed by atoms with Crippen LogP contribution in [0.5, 0.6) is 0 Å². The second-order valence-corrected chi connectivity index (χ2v) is 6.51. The zero-order chi connectivity index (χ0) is 17.2. The van der Waals surface area contributed by atoms with Gasteiger partial charge in [0.1, 0.15) is 11.6 Å². The molecule has 0 unspecified atom stereocenters. The third-order valence-electron chi connectivity index (χ3n) is 3.81. The van der Waals surface area contributed by atoms with Gasteiger partial charge in [-0.15, -0.1) is 0 Å². The van der Waals surface area contributed by atoms with Crippen LogP contribution < -0.4 is 0 Å². The molecule has 3 heteroatoms. The SMILES string of the molecule is CC(=O)CC(C)=O.[CH]1[CH]CCCCCC1.[CH]1[CH]CCCCCC1.[Rh]. The van der Waals surface area contributed by atoms with E-state index in [2.05, 4.69) is 25.7 Å². The van der Waals surface area contributed by atoms with Crippen LogP contribution in [0, 0.1) is 25.7 Å². The van der Waals surface area contributed by atoms with Crippen molar-refractivity contribution >= 4 is 11.6 Å². The number of hydrogen-bond donors (Lipinski definition) is 0. The van der Waals surface area contributed by atoms with E-state index in [9.17, 15) is 9.59 Å². The van der Waals surface area contributed by atoms with Crippen LogP contribution in [0.1, 0.15) is 97.3 Å². The second-order valence-electron chi connectivity index (χ2n) is 6.51. The molecular formula is C21H36O2Rh. The van der Waals surface area contributed by atoms with Crippen LogP contribution in [0.15, 0.2) is 0 Å². The number of Topliss-reactive ketones (excluding diaryl/α,β-unsaturated/α-hetero) is 2. The van der Waals surface area contributed by atoms with Gasteiger partial charge < -0.3 is 0 Å². The topological polar surface area (TPSA) is 34.1 Å². The first-order valence-corrected chi connectivity index (χ1v) is 9.42. The molecule has 0 atom stereocenters. The molecule has 141 valence electrons. The third kappa shape index (κ3) is 24.2. The molecule has 24 heavy (non-hydrogen) atoms. The van der Waals surface area contributed by atoms with Crippen LogP contribution in [-0.4, -0.2) is 11.6 Å². The predicted octanol–water partition coefficient (Wildman–Crippen LogP) is 6.05. The average molecular weight is 423 g/mol. The van der Waals surface area contributed by atoms with Gasteiger partial charge in [0.2, 0.25) is 0 Å². The molecule has 5 radical (unpaired) electrons. The number of hydrogen-bond acceptors (Lipinski definition) is 2. The molecule has 2 rings (SSSR count). The largest absolute Gasteiger partial charge is 0.300 e. The van der Waals surface area contributed by atoms with Crippen molar-refractivity contribution in [2.75, 3.05) is 0 Å². The molecule has 0 amide bonds. The normalized spacial score (nSPS) is 18.4. The molecule has 0 aromatic heterocycles. The average Bonchev–Trinajstić information content (AvgIpc) is 2.36. The number of carbonyl (C=O) groups is 2. The van der Waals surface area contributed by atoms with E-state index in [1.165, 1.54) is 90.9 Å². The zero-order valence-corrected chi connectivity index (χ0v) is 17.3. The molecule has 0 spiro atoms. The summed E-state index contributed by atoms with van der Waals surface area (Å²) in [6, 6.07) is 0. The minimum atomic E-state index is -0.0625. The number of ketones is 2. The molecule has 2 saturated carbocycles. The van der Waals surface area contributed by atoms with Gasteiger partial charge in [-0.05, 0) is 65.2 Å². The van der Waals surface area contributed by atoms with Gasteiger partial charge in [0.15, 0.2) is 0 Å². The maximum Gasteiger partial charge on any atom is 0.137 e. The van der Waals surface area contributed by atoms with Gasteiger partial charge in [-0.25, -0.2) is 0 Å². The maximum atomic E-state index is 10.0. The Labute approximate surface area is 163 Å². The Kier molecular flexibility index (Phi) is 22.9. The van der Waals surface area contributed by atoms with Crippen LogP contribution in [0.25, 0.3) is 0 Å². The van der Waals surface area contributed by atoms with Crippen LogP contribution in [0.4, 0.5) is 0 Å². The van der Waals surface area contributed by atoms with Gasteiger partial charge >= 0.3 is 0 Å². The Morgan fingerprint density at radius 2 is 0.833 bits per heavy atom. The summed E-state index contributed by atoms with van der Waals surface area (Å²) in [6.07, 6.45) is 26.1. The zero-order valence-electron chi connectivity index (χ0n) is 15.7. The first kappa shape index (κ1) is 26.2. The fraction of sp³-hybridized carbons (Fsp3) is 0.714. The Morgan fingerprint density at radius 1 is 0.583 bits per heavy atom. The summed E-state index contributed by atoms with van der Waals surface area (Å²) in [4.78, 5) is 20.1. The summed E-state index contributed by atoms with van der Waals surface area (Å²) in [7, 11) is 0. The van der Waals surface area contributed by atoms with Crippen molar-refractivity contribution in [1.29, 1.82) is 0 Å². The number of carbonyl (C=O) groups excluding carboxylic acids is 2. The molecule has 0 bridgehead atoms. The summed E-state index contributed by atoms with van der Waals surface area (Å²) in [5.74, 6) is -0.125. The van der Waals surface area contributed by atoms with E-state index < -0.39 is 0 Å². The summed E-state index contributed by atoms with van der Waals surface area (Å²) in [5, 5.41) is 0. The monoisotopic (exact) mass is 423 g/mol. The van der Waals surface area contributed by atoms with Crippen molar-refractivity contribution in [2.45, 2.75) is 97.3 Å². The van der Waals surface area contributed by atoms with Crippen molar-refractivity contribution in [1.82, 2.24) is 0 Å². The van der Waals surface area contributed by atoms with E-state index in [1.54, 1.807) is 0 Å². The van der Waals surface area contributed by atoms with Crippen LogP contribution in [0.2, 0.25) is 0 Å². The first-order chi connectivity index (χ1) is 11.1. The van der Waals surface area contributed by atoms with Crippen molar-refractivity contribution in [3.8, 4) is 0 Å². The summed E-state index contributed by atoms with van der Waals surface area (Å²) in [5.41, 5.74) is 0. The van der Waals surface area contributed by atoms with E-state index in [4.69, 9.17) is 0 Å². The Hall–Kier alpha value is -0.0366. The second kappa shape index (κ2) is 21.0. The van der Waals surface area contributed by atoms with Gasteiger partial charge in [0.25, 0.3) is 0 Å². The van der Waals surface area contributed by atoms with Crippen molar-refractivity contribution in [3.63, 3.8) is 0 Å². The van der Waals surface area contributed by atoms with Crippen LogP contribution >= 0.6 is 0 Å². The fourth-order valence-corrected chi connectivity index (χ4v) is 2.58. The van der Waals surface area contributed by atoms with Crippen LogP contribution in [0.3, 0.4) is 0 Å². The fourth-order valence-electron chi connectivity index (χ4n) is 2.58. The van der Waals surface area contributed by atoms with Gasteiger partial charge in [0, 0.05) is 19.5 Å². The smallest absolute Gasteiger partial charge is 0.137 e. The molecule has 2 aliphatic carbocycles. The Bertz CT molecular complexity index is 214. The summed E-state index contributed by atoms with van der Waals surface area (Å²) < 4.78 is 0. The molecular weight excluding hydrogens is 387 g/mol. The van der Waals surface area contributed by atoms with Gasteiger partial charge in [-0.2, -0.15) is 0 Å². The Morgan fingerprint density at radius 3 is 1.00 bits per heavy atom. The molecule has 0 aromatic carbocycles. The standard InChI is InChI=1S/2C8H14.C5H8O2.Rh/c2*1-2-4-6-8-7-5-3-1;1-4(6)3-5(2)7;/h2*1-2H,3-8H2;3H2,1-2H3;. The number of rotatable bonds is 2. The third-order valence-corrected chi connectivity index (χ3v) is 3.81. The molecule has 2 fully saturated rings. The molecule has 0 aliphatic heterocycles. The maximum absolute atomic E-state index is 10.0. The minimum Gasteiger partial charge on any atom is -0.300 e. The van der Waals surface area contributed by atoms with Crippen molar-refractivity contribution < 1.29 is 29.1 Å². The molecule has 0 saturated heterocycles. The first-order valence-electron chi connectivity index (χ1n) is 9.42. The minimum absolute atomic E-state index is 0. The van der Waals surface area contributed by atoms with Crippen molar-refractivity contribution in [2.24, 2.45) is 0 Å². The quantitative estimate of drug-likeness (QED) is 0.400. The summed E-state index contributed by atoms with van der Waals surface area (Å²) in [6.45, 7) is 2.81. The molecule has 2 nitrogen and oxygen atoms in total. The van der Waals surface area contributed by atoms with E-state index in [0.717, 1.165) is 0 Å². The molecule has 2 aliphatic rings. The van der Waals surface area contributed by atoms with E-state index in [1.807, 2.05) is 0 Å². The summed E-state index contributed by atoms with van der Waals surface area (Å²) >= 11 is 0. The molecule has 0 aromatic rings. The van der Waals surface area contributed by atoms with E-state index in [0.29, 0.717) is 0 Å².